The Hall–Kier alpha value is -0.0897. The van der Waals surface area contributed by atoms with Crippen molar-refractivity contribution in [3.63, 3.8) is 0 Å². The third-order valence-electron chi connectivity index (χ3n) is 1.51. The monoisotopic (exact) mass is 258 g/mol. The first kappa shape index (κ1) is 7.55. The van der Waals surface area contributed by atoms with E-state index in [1.165, 1.54) is 0 Å². The fourth-order valence-corrected chi connectivity index (χ4v) is 1.71. The van der Waals surface area contributed by atoms with Crippen molar-refractivity contribution in [2.24, 2.45) is 0 Å². The Kier molecular flexibility index (Phi) is 1.68. The van der Waals surface area contributed by atoms with E-state index in [9.17, 15) is 0 Å². The van der Waals surface area contributed by atoms with Gasteiger partial charge < -0.3 is 0 Å². The van der Waals surface area contributed by atoms with Crippen molar-refractivity contribution in [1.82, 2.24) is 0 Å². The fraction of sp³-hybridized carbons (Fsp3) is 0.143. The second-order valence-corrected chi connectivity index (χ2v) is 4.68. The molecule has 62 valence electrons. The molecular weight excluding hydrogens is 252 g/mol. The van der Waals surface area contributed by atoms with E-state index in [0.29, 0.717) is 0 Å². The Labute approximate surface area is 83.1 Å². The summed E-state index contributed by atoms with van der Waals surface area (Å²) < 4.78 is -0.492. The van der Waals surface area contributed by atoms with Crippen LogP contribution >= 0.6 is 12.6 Å². The molecule has 0 saturated carbocycles. The molecule has 2 nitrogen and oxygen atoms in total. The Balaban J connectivity index is 2.41. The van der Waals surface area contributed by atoms with Crippen molar-refractivity contribution in [2.45, 2.75) is 3.21 Å². The van der Waals surface area contributed by atoms with Crippen LogP contribution in [0, 0.1) is 0 Å². The zero-order valence-electron chi connectivity index (χ0n) is 5.56. The maximum absolute atomic E-state index is 4.29. The van der Waals surface area contributed by atoms with Crippen molar-refractivity contribution in [2.75, 3.05) is 10.6 Å². The van der Waals surface area contributed by atoms with Gasteiger partial charge in [0.05, 0.1) is 0 Å². The minimum absolute atomic E-state index is 0.492. The third-order valence-corrected chi connectivity index (χ3v) is 2.10. The summed E-state index contributed by atoms with van der Waals surface area (Å²) in [7, 11) is 0. The maximum atomic E-state index is 4.29. The van der Waals surface area contributed by atoms with Gasteiger partial charge in [0.15, 0.2) is 0 Å². The molecule has 1 heterocycles. The van der Waals surface area contributed by atoms with E-state index in [1.807, 2.05) is 24.3 Å². The molecule has 0 aromatic heterocycles. The van der Waals surface area contributed by atoms with Crippen LogP contribution in [0.5, 0.6) is 0 Å². The Morgan fingerprint density at radius 3 is 2.09 bits per heavy atom. The number of hydrogen-bond donors (Lipinski definition) is 3. The molecule has 1 aliphatic heterocycles. The summed E-state index contributed by atoms with van der Waals surface area (Å²) in [6.45, 7) is 0. The standard InChI is InChI=1S/C7H7N2S.Ag/c10-7-8-5-3-1-2-4-6(5)9-7;/h1-4,8-10H;. The van der Waals surface area contributed by atoms with Crippen molar-refractivity contribution in [1.29, 1.82) is 0 Å². The number of rotatable bonds is 0. The van der Waals surface area contributed by atoms with Crippen molar-refractivity contribution < 1.29 is 21.1 Å². The molecule has 0 bridgehead atoms. The number of fused-ring (bicyclic) bond motifs is 1. The van der Waals surface area contributed by atoms with Gasteiger partial charge >= 0.3 is 83.2 Å². The van der Waals surface area contributed by atoms with Crippen LogP contribution in [0.3, 0.4) is 0 Å². The van der Waals surface area contributed by atoms with Crippen LogP contribution in [-0.2, 0) is 21.1 Å². The summed E-state index contributed by atoms with van der Waals surface area (Å²) in [5.41, 5.74) is 2.14. The minimum atomic E-state index is -0.492. The van der Waals surface area contributed by atoms with Crippen molar-refractivity contribution in [3.8, 4) is 0 Å². The van der Waals surface area contributed by atoms with Gasteiger partial charge in [-0.3, -0.25) is 0 Å². The first-order valence-corrected chi connectivity index (χ1v) is 4.39. The summed E-state index contributed by atoms with van der Waals surface area (Å²) in [5.74, 6) is 0. The Bertz CT molecular complexity index is 261. The van der Waals surface area contributed by atoms with E-state index in [4.69, 9.17) is 0 Å². The predicted octanol–water partition coefficient (Wildman–Crippen LogP) is 1.61. The second-order valence-electron chi connectivity index (χ2n) is 2.36. The molecule has 0 radical (unpaired) electrons. The van der Waals surface area contributed by atoms with E-state index in [-0.39, 0.29) is 0 Å². The van der Waals surface area contributed by atoms with Crippen LogP contribution in [0.4, 0.5) is 11.4 Å². The van der Waals surface area contributed by atoms with Gasteiger partial charge in [-0.25, -0.2) is 0 Å². The summed E-state index contributed by atoms with van der Waals surface area (Å²) in [4.78, 5) is 0. The van der Waals surface area contributed by atoms with Crippen molar-refractivity contribution >= 4 is 24.0 Å². The van der Waals surface area contributed by atoms with E-state index < -0.39 is 3.21 Å². The number of hydrogen-bond acceptors (Lipinski definition) is 3. The number of nitrogens with one attached hydrogen (secondary N) is 2. The third kappa shape index (κ3) is 1.42. The molecule has 0 aliphatic carbocycles. The van der Waals surface area contributed by atoms with Gasteiger partial charge in [-0.15, -0.1) is 0 Å². The van der Waals surface area contributed by atoms with Crippen molar-refractivity contribution in [3.05, 3.63) is 24.3 Å². The van der Waals surface area contributed by atoms with Crippen LogP contribution in [-0.4, -0.2) is 3.21 Å². The molecule has 0 saturated heterocycles. The fourth-order valence-electron chi connectivity index (χ4n) is 1.07. The SMILES string of the molecule is S[C]1([Ag])Nc2ccccc2N1. The molecule has 2 N–H and O–H groups in total. The van der Waals surface area contributed by atoms with Gasteiger partial charge in [-0.2, -0.15) is 0 Å². The van der Waals surface area contributed by atoms with Gasteiger partial charge in [0, 0.05) is 0 Å². The number of anilines is 2. The number of thiol groups is 1. The Morgan fingerprint density at radius 2 is 1.64 bits per heavy atom. The summed E-state index contributed by atoms with van der Waals surface area (Å²) >= 11 is 7.67. The predicted molar refractivity (Wildman–Crippen MR) is 45.4 cm³/mol. The van der Waals surface area contributed by atoms with Gasteiger partial charge in [0.25, 0.3) is 0 Å². The quantitative estimate of drug-likeness (QED) is 0.487. The van der Waals surface area contributed by atoms with E-state index in [1.54, 1.807) is 0 Å². The molecular formula is C7H7AgN2S. The molecule has 0 unspecified atom stereocenters. The molecule has 0 fully saturated rings. The summed E-state index contributed by atoms with van der Waals surface area (Å²) in [6, 6.07) is 7.97. The molecule has 0 amide bonds. The number of para-hydroxylation sites is 2. The zero-order chi connectivity index (χ0) is 7.90. The second kappa shape index (κ2) is 2.45. The molecule has 1 aromatic carbocycles. The molecule has 4 heteroatoms. The molecule has 1 aromatic rings. The van der Waals surface area contributed by atoms with Gasteiger partial charge in [0.1, 0.15) is 0 Å². The van der Waals surface area contributed by atoms with Gasteiger partial charge in [0.2, 0.25) is 0 Å². The average Bonchev–Trinajstić information content (AvgIpc) is 2.21. The average molecular weight is 259 g/mol. The molecule has 2 rings (SSSR count). The van der Waals surface area contributed by atoms with Crippen LogP contribution < -0.4 is 10.6 Å². The molecule has 0 spiro atoms. The van der Waals surface area contributed by atoms with Crippen LogP contribution in [0.2, 0.25) is 0 Å². The van der Waals surface area contributed by atoms with E-state index in [0.717, 1.165) is 11.4 Å². The van der Waals surface area contributed by atoms with Crippen LogP contribution in [0.25, 0.3) is 0 Å². The Morgan fingerprint density at radius 1 is 1.18 bits per heavy atom. The van der Waals surface area contributed by atoms with E-state index >= 15 is 0 Å². The van der Waals surface area contributed by atoms with Gasteiger partial charge in [-0.1, -0.05) is 0 Å². The first-order valence-electron chi connectivity index (χ1n) is 3.20. The van der Waals surface area contributed by atoms with Crippen LogP contribution in [0.1, 0.15) is 0 Å². The summed E-state index contributed by atoms with van der Waals surface area (Å²) in [5, 5.41) is 6.28. The molecule has 11 heavy (non-hydrogen) atoms. The van der Waals surface area contributed by atoms with Gasteiger partial charge in [-0.05, 0) is 0 Å². The van der Waals surface area contributed by atoms with E-state index in [2.05, 4.69) is 44.3 Å². The summed E-state index contributed by atoms with van der Waals surface area (Å²) in [6.07, 6.45) is 0. The molecule has 1 aliphatic rings. The normalized spacial score (nSPS) is 18.5. The zero-order valence-corrected chi connectivity index (χ0v) is 7.93. The topological polar surface area (TPSA) is 24.1 Å². The number of benzene rings is 1. The molecule has 0 atom stereocenters. The van der Waals surface area contributed by atoms with Crippen LogP contribution in [0.15, 0.2) is 24.3 Å². The first-order chi connectivity index (χ1) is 5.17.